The summed E-state index contributed by atoms with van der Waals surface area (Å²) >= 11 is 0. The zero-order valence-corrected chi connectivity index (χ0v) is 11.7. The molecule has 1 aromatic carbocycles. The van der Waals surface area contributed by atoms with Crippen molar-refractivity contribution in [3.05, 3.63) is 33.6 Å². The molecule has 3 N–H and O–H groups in total. The van der Waals surface area contributed by atoms with Gasteiger partial charge in [-0.3, -0.25) is 19.1 Å². The average Bonchev–Trinajstić information content (AvgIpc) is 2.30. The van der Waals surface area contributed by atoms with E-state index in [4.69, 9.17) is 5.73 Å². The summed E-state index contributed by atoms with van der Waals surface area (Å²) in [6.45, 7) is 1.61. The van der Waals surface area contributed by atoms with Crippen molar-refractivity contribution < 1.29 is 18.3 Å². The summed E-state index contributed by atoms with van der Waals surface area (Å²) in [5.74, 6) is -1.52. The van der Waals surface area contributed by atoms with E-state index in [1.54, 1.807) is 6.92 Å². The van der Waals surface area contributed by atoms with Crippen molar-refractivity contribution >= 4 is 28.1 Å². The van der Waals surface area contributed by atoms with Gasteiger partial charge in [-0.2, -0.15) is 0 Å². The molecule has 0 aliphatic rings. The van der Waals surface area contributed by atoms with E-state index in [0.717, 1.165) is 6.07 Å². The van der Waals surface area contributed by atoms with Gasteiger partial charge in [0.25, 0.3) is 11.6 Å². The van der Waals surface area contributed by atoms with E-state index in [2.05, 4.69) is 5.32 Å². The molecule has 2 unspecified atom stereocenters. The summed E-state index contributed by atoms with van der Waals surface area (Å²) in [6, 6.07) is 1.07. The number of nitro benzene ring substituents is 1. The summed E-state index contributed by atoms with van der Waals surface area (Å²) < 4.78 is 24.2. The number of nitrogens with two attached hydrogens (primary N) is 1. The predicted molar refractivity (Wildman–Crippen MR) is 73.3 cm³/mol. The predicted octanol–water partition coefficient (Wildman–Crippen LogP) is 0.813. The zero-order valence-electron chi connectivity index (χ0n) is 10.9. The Bertz CT molecular complexity index is 579. The van der Waals surface area contributed by atoms with Crippen molar-refractivity contribution in [2.24, 2.45) is 0 Å². The molecule has 0 radical (unpaired) electrons. The molecular formula is C11H14FN3O4S. The van der Waals surface area contributed by atoms with Gasteiger partial charge in [0.05, 0.1) is 16.7 Å². The highest BCUT2D eigenvalue weighted by Crippen LogP contribution is 2.24. The minimum atomic E-state index is -1.12. The van der Waals surface area contributed by atoms with Gasteiger partial charge in [-0.15, -0.1) is 0 Å². The van der Waals surface area contributed by atoms with Crippen LogP contribution < -0.4 is 11.1 Å². The number of nitro groups is 1. The fourth-order valence-corrected chi connectivity index (χ4v) is 2.40. The van der Waals surface area contributed by atoms with Crippen LogP contribution in [-0.4, -0.2) is 33.1 Å². The lowest BCUT2D eigenvalue weighted by Crippen LogP contribution is -2.36. The van der Waals surface area contributed by atoms with Crippen LogP contribution in [0.4, 0.5) is 15.8 Å². The Morgan fingerprint density at radius 3 is 2.70 bits per heavy atom. The minimum absolute atomic E-state index is 0.205. The molecule has 2 atom stereocenters. The number of carbonyl (C=O) groups excluding carboxylic acids is 1. The zero-order chi connectivity index (χ0) is 15.4. The highest BCUT2D eigenvalue weighted by molar-refractivity contribution is 7.84. The van der Waals surface area contributed by atoms with E-state index in [0.29, 0.717) is 6.07 Å². The van der Waals surface area contributed by atoms with Crippen LogP contribution in [-0.2, 0) is 10.8 Å². The van der Waals surface area contributed by atoms with Crippen molar-refractivity contribution in [1.29, 1.82) is 0 Å². The first-order chi connectivity index (χ1) is 9.22. The Morgan fingerprint density at radius 2 is 2.20 bits per heavy atom. The van der Waals surface area contributed by atoms with Gasteiger partial charge in [0.15, 0.2) is 5.82 Å². The summed E-state index contributed by atoms with van der Waals surface area (Å²) in [5.41, 5.74) is 3.96. The number of anilines is 1. The van der Waals surface area contributed by atoms with Crippen molar-refractivity contribution in [3.63, 3.8) is 0 Å². The second-order valence-electron chi connectivity index (χ2n) is 4.26. The topological polar surface area (TPSA) is 115 Å². The second kappa shape index (κ2) is 6.42. The summed E-state index contributed by atoms with van der Waals surface area (Å²) in [5, 5.41) is 13.3. The number of nitrogens with zero attached hydrogens (tertiary/aromatic N) is 1. The molecule has 0 saturated carbocycles. The van der Waals surface area contributed by atoms with Gasteiger partial charge in [0, 0.05) is 28.9 Å². The number of benzene rings is 1. The van der Waals surface area contributed by atoms with Crippen LogP contribution in [0.2, 0.25) is 0 Å². The lowest BCUT2D eigenvalue weighted by molar-refractivity contribution is -0.385. The SMILES string of the molecule is CC(CS(C)=O)NC(=O)c1cc(N)c(F)cc1[N+](=O)[O-]. The lowest BCUT2D eigenvalue weighted by Gasteiger charge is -2.12. The number of halogens is 1. The van der Waals surface area contributed by atoms with Gasteiger partial charge >= 0.3 is 0 Å². The fraction of sp³-hybridized carbons (Fsp3) is 0.364. The fourth-order valence-electron chi connectivity index (χ4n) is 1.61. The van der Waals surface area contributed by atoms with Crippen LogP contribution >= 0.6 is 0 Å². The number of nitrogens with one attached hydrogen (secondary N) is 1. The van der Waals surface area contributed by atoms with Crippen molar-refractivity contribution in [3.8, 4) is 0 Å². The van der Waals surface area contributed by atoms with E-state index in [9.17, 15) is 23.5 Å². The average molecular weight is 303 g/mol. The Hall–Kier alpha value is -2.03. The van der Waals surface area contributed by atoms with Gasteiger partial charge < -0.3 is 11.1 Å². The van der Waals surface area contributed by atoms with Crippen LogP contribution in [0.5, 0.6) is 0 Å². The highest BCUT2D eigenvalue weighted by Gasteiger charge is 2.24. The molecular weight excluding hydrogens is 289 g/mol. The van der Waals surface area contributed by atoms with Crippen LogP contribution in [0.15, 0.2) is 12.1 Å². The molecule has 110 valence electrons. The number of nitrogen functional groups attached to an aromatic ring is 1. The number of amides is 1. The van der Waals surface area contributed by atoms with Crippen LogP contribution in [0.1, 0.15) is 17.3 Å². The smallest absolute Gasteiger partial charge is 0.285 e. The summed E-state index contributed by atoms with van der Waals surface area (Å²) in [6.07, 6.45) is 1.47. The number of rotatable bonds is 5. The summed E-state index contributed by atoms with van der Waals surface area (Å²) in [4.78, 5) is 21.9. The van der Waals surface area contributed by atoms with Crippen molar-refractivity contribution in [2.45, 2.75) is 13.0 Å². The first-order valence-electron chi connectivity index (χ1n) is 5.56. The molecule has 0 fully saturated rings. The Kier molecular flexibility index (Phi) is 5.14. The maximum absolute atomic E-state index is 13.2. The molecule has 1 aromatic rings. The molecule has 0 aliphatic heterocycles. The first kappa shape index (κ1) is 16.0. The normalized spacial score (nSPS) is 13.6. The standard InChI is InChI=1S/C11H14FN3O4S/c1-6(5-20(2)19)14-11(16)7-3-9(13)8(12)4-10(7)15(17)18/h3-4,6H,5,13H2,1-2H3,(H,14,16). The Balaban J connectivity index is 3.06. The Labute approximate surface area is 117 Å². The van der Waals surface area contributed by atoms with Gasteiger partial charge in [0.1, 0.15) is 5.56 Å². The molecule has 1 amide bonds. The third-order valence-corrected chi connectivity index (χ3v) is 3.39. The molecule has 20 heavy (non-hydrogen) atoms. The molecule has 0 aliphatic carbocycles. The van der Waals surface area contributed by atoms with Crippen molar-refractivity contribution in [2.75, 3.05) is 17.7 Å². The largest absolute Gasteiger partial charge is 0.396 e. The third kappa shape index (κ3) is 3.98. The lowest BCUT2D eigenvalue weighted by atomic mass is 10.1. The number of hydrogen-bond acceptors (Lipinski definition) is 5. The van der Waals surface area contributed by atoms with Gasteiger partial charge in [-0.1, -0.05) is 0 Å². The van der Waals surface area contributed by atoms with Crippen LogP contribution in [0, 0.1) is 15.9 Å². The third-order valence-electron chi connectivity index (χ3n) is 2.42. The van der Waals surface area contributed by atoms with Gasteiger partial charge in [0.2, 0.25) is 0 Å². The summed E-state index contributed by atoms with van der Waals surface area (Å²) in [7, 11) is -1.12. The number of hydrogen-bond donors (Lipinski definition) is 2. The molecule has 1 rings (SSSR count). The second-order valence-corrected chi connectivity index (χ2v) is 5.74. The van der Waals surface area contributed by atoms with E-state index >= 15 is 0 Å². The maximum atomic E-state index is 13.2. The Morgan fingerprint density at radius 1 is 1.60 bits per heavy atom. The quantitative estimate of drug-likeness (QED) is 0.474. The van der Waals surface area contributed by atoms with Gasteiger partial charge in [-0.05, 0) is 13.0 Å². The monoisotopic (exact) mass is 303 g/mol. The highest BCUT2D eigenvalue weighted by atomic mass is 32.2. The molecule has 0 heterocycles. The molecule has 0 aromatic heterocycles. The molecule has 0 bridgehead atoms. The van der Waals surface area contributed by atoms with Crippen LogP contribution in [0.3, 0.4) is 0 Å². The molecule has 0 spiro atoms. The first-order valence-corrected chi connectivity index (χ1v) is 7.29. The number of carbonyl (C=O) groups is 1. The molecule has 0 saturated heterocycles. The van der Waals surface area contributed by atoms with Crippen molar-refractivity contribution in [1.82, 2.24) is 5.32 Å². The van der Waals surface area contributed by atoms with E-state index in [1.165, 1.54) is 6.26 Å². The van der Waals surface area contributed by atoms with E-state index in [1.807, 2.05) is 0 Å². The van der Waals surface area contributed by atoms with E-state index < -0.39 is 39.2 Å². The van der Waals surface area contributed by atoms with E-state index in [-0.39, 0.29) is 17.0 Å². The van der Waals surface area contributed by atoms with Gasteiger partial charge in [-0.25, -0.2) is 4.39 Å². The molecule has 9 heteroatoms. The van der Waals surface area contributed by atoms with Crippen LogP contribution in [0.25, 0.3) is 0 Å². The maximum Gasteiger partial charge on any atom is 0.285 e. The minimum Gasteiger partial charge on any atom is -0.396 e. The molecule has 7 nitrogen and oxygen atoms in total.